The third-order valence-electron chi connectivity index (χ3n) is 3.09. The van der Waals surface area contributed by atoms with Gasteiger partial charge in [0.1, 0.15) is 0 Å². The number of rotatable bonds is 7. The van der Waals surface area contributed by atoms with Crippen molar-refractivity contribution in [3.63, 3.8) is 0 Å². The minimum atomic E-state index is -0.788. The topological polar surface area (TPSA) is 0 Å². The van der Waals surface area contributed by atoms with Gasteiger partial charge in [0.25, 0.3) is 0 Å². The van der Waals surface area contributed by atoms with Crippen LogP contribution in [0, 0.1) is 0 Å². The van der Waals surface area contributed by atoms with Crippen molar-refractivity contribution in [2.24, 2.45) is 0 Å². The molecule has 0 aromatic heterocycles. The molecule has 0 heterocycles. The number of unbranched alkanes of at least 4 members (excludes halogenated alkanes) is 1. The summed E-state index contributed by atoms with van der Waals surface area (Å²) in [6.45, 7) is -0.788. The van der Waals surface area contributed by atoms with Crippen molar-refractivity contribution in [1.82, 2.24) is 0 Å². The molecule has 0 aliphatic rings. The molecule has 0 amide bonds. The van der Waals surface area contributed by atoms with Gasteiger partial charge in [-0.3, -0.25) is 0 Å². The Labute approximate surface area is 133 Å². The van der Waals surface area contributed by atoms with Gasteiger partial charge < -0.3 is 0 Å². The van der Waals surface area contributed by atoms with Crippen LogP contribution in [0.1, 0.15) is 12.8 Å². The van der Waals surface area contributed by atoms with E-state index in [1.54, 1.807) is 0 Å². The molecule has 0 aliphatic carbocycles. The van der Waals surface area contributed by atoms with Gasteiger partial charge >= 0.3 is 0 Å². The fourth-order valence-electron chi connectivity index (χ4n) is 2.12. The first-order valence-electron chi connectivity index (χ1n) is 6.74. The molecule has 0 atom stereocenters. The van der Waals surface area contributed by atoms with Crippen molar-refractivity contribution < 1.29 is 0 Å². The van der Waals surface area contributed by atoms with E-state index in [0.29, 0.717) is 0 Å². The fraction of sp³-hybridized carbons (Fsp3) is 0.250. The molecule has 2 aromatic carbocycles. The Hall–Kier alpha value is -0.120. The first-order valence-corrected chi connectivity index (χ1v) is 11.6. The maximum absolute atomic E-state index is 5.86. The van der Waals surface area contributed by atoms with E-state index in [-0.39, 0.29) is 7.92 Å². The smallest absolute Gasteiger partial charge is 0.0781 e. The van der Waals surface area contributed by atoms with Gasteiger partial charge in [-0.25, -0.2) is 0 Å². The molecule has 2 aromatic rings. The molecule has 0 nitrogen and oxygen atoms in total. The van der Waals surface area contributed by atoms with E-state index >= 15 is 0 Å². The lowest BCUT2D eigenvalue weighted by Crippen LogP contribution is -2.13. The molecule has 4 heteroatoms. The SMILES string of the molecule is ClP(Cl)CCCCP(c1ccccc1)c1ccccc1. The van der Waals surface area contributed by atoms with Gasteiger partial charge in [-0.15, -0.1) is 0 Å². The summed E-state index contributed by atoms with van der Waals surface area (Å²) in [5.41, 5.74) is 0. The summed E-state index contributed by atoms with van der Waals surface area (Å²) >= 11 is 11.7. The predicted octanol–water partition coefficient (Wildman–Crippen LogP) is 5.69. The van der Waals surface area contributed by atoms with Gasteiger partial charge in [0.15, 0.2) is 0 Å². The number of hydrogen-bond acceptors (Lipinski definition) is 0. The lowest BCUT2D eigenvalue weighted by molar-refractivity contribution is 0.903. The molecule has 0 saturated heterocycles. The second kappa shape index (κ2) is 9.01. The zero-order valence-electron chi connectivity index (χ0n) is 11.3. The Morgan fingerprint density at radius 3 is 1.55 bits per heavy atom. The highest BCUT2D eigenvalue weighted by atomic mass is 35.9. The third-order valence-corrected chi connectivity index (χ3v) is 7.37. The molecule has 106 valence electrons. The van der Waals surface area contributed by atoms with Crippen LogP contribution < -0.4 is 10.6 Å². The molecule has 20 heavy (non-hydrogen) atoms. The van der Waals surface area contributed by atoms with Gasteiger partial charge in [-0.1, -0.05) is 83.1 Å². The molecule has 0 unspecified atom stereocenters. The number of benzene rings is 2. The third kappa shape index (κ3) is 5.34. The maximum Gasteiger partial charge on any atom is 0.0854 e. The Bertz CT molecular complexity index is 449. The summed E-state index contributed by atoms with van der Waals surface area (Å²) in [6, 6.07) is 21.7. The van der Waals surface area contributed by atoms with Crippen LogP contribution >= 0.6 is 37.0 Å². The van der Waals surface area contributed by atoms with Crippen molar-refractivity contribution in [3.8, 4) is 0 Å². The second-order valence-corrected chi connectivity index (χ2v) is 10.9. The average molecular weight is 343 g/mol. The van der Waals surface area contributed by atoms with E-state index in [1.165, 1.54) is 23.2 Å². The first-order chi connectivity index (χ1) is 9.77. The van der Waals surface area contributed by atoms with Crippen molar-refractivity contribution >= 4 is 47.6 Å². The first kappa shape index (κ1) is 16.3. The van der Waals surface area contributed by atoms with E-state index in [4.69, 9.17) is 22.5 Å². The minimum absolute atomic E-state index is 0.261. The maximum atomic E-state index is 5.86. The Balaban J connectivity index is 2.06. The molecule has 0 bridgehead atoms. The van der Waals surface area contributed by atoms with Gasteiger partial charge in [-0.05, 0) is 43.7 Å². The van der Waals surface area contributed by atoms with Crippen LogP contribution in [0.25, 0.3) is 0 Å². The highest BCUT2D eigenvalue weighted by Gasteiger charge is 2.12. The summed E-state index contributed by atoms with van der Waals surface area (Å²) in [4.78, 5) is 0. The van der Waals surface area contributed by atoms with Crippen molar-refractivity contribution in [3.05, 3.63) is 60.7 Å². The minimum Gasteiger partial charge on any atom is -0.0781 e. The van der Waals surface area contributed by atoms with Crippen LogP contribution in [-0.2, 0) is 0 Å². The molecular weight excluding hydrogens is 325 g/mol. The number of halogens is 2. The van der Waals surface area contributed by atoms with Crippen LogP contribution in [0.3, 0.4) is 0 Å². The van der Waals surface area contributed by atoms with Crippen molar-refractivity contribution in [1.29, 1.82) is 0 Å². The van der Waals surface area contributed by atoms with Gasteiger partial charge in [0.05, 0.1) is 6.63 Å². The van der Waals surface area contributed by atoms with Crippen LogP contribution in [0.15, 0.2) is 60.7 Å². The van der Waals surface area contributed by atoms with E-state index in [0.717, 1.165) is 12.6 Å². The predicted molar refractivity (Wildman–Crippen MR) is 96.7 cm³/mol. The molecule has 0 fully saturated rings. The summed E-state index contributed by atoms with van der Waals surface area (Å²) < 4.78 is 0. The molecule has 0 N–H and O–H groups in total. The van der Waals surface area contributed by atoms with E-state index in [1.807, 2.05) is 0 Å². The fourth-order valence-corrected chi connectivity index (χ4v) is 5.72. The van der Waals surface area contributed by atoms with Gasteiger partial charge in [0.2, 0.25) is 0 Å². The zero-order valence-corrected chi connectivity index (χ0v) is 14.6. The largest absolute Gasteiger partial charge is 0.0854 e. The average Bonchev–Trinajstić information content (AvgIpc) is 2.49. The quantitative estimate of drug-likeness (QED) is 0.448. The van der Waals surface area contributed by atoms with Crippen LogP contribution in [-0.4, -0.2) is 12.3 Å². The standard InChI is InChI=1S/C16H18Cl2P2/c17-20(18)14-8-7-13-19(15-9-3-1-4-10-15)16-11-5-2-6-12-16/h1-6,9-12H,7-8,13-14H2. The van der Waals surface area contributed by atoms with E-state index < -0.39 is 6.63 Å². The lowest BCUT2D eigenvalue weighted by atomic mass is 10.4. The van der Waals surface area contributed by atoms with Gasteiger partial charge in [0, 0.05) is 0 Å². The monoisotopic (exact) mass is 342 g/mol. The molecule has 0 aliphatic heterocycles. The molecule has 0 radical (unpaired) electrons. The van der Waals surface area contributed by atoms with Crippen LogP contribution in [0.2, 0.25) is 0 Å². The van der Waals surface area contributed by atoms with Gasteiger partial charge in [-0.2, -0.15) is 0 Å². The summed E-state index contributed by atoms with van der Waals surface area (Å²) in [6.07, 6.45) is 4.47. The Kier molecular flexibility index (Phi) is 7.32. The molecule has 0 saturated carbocycles. The summed E-state index contributed by atoms with van der Waals surface area (Å²) in [5, 5.41) is 2.90. The Morgan fingerprint density at radius 2 is 1.10 bits per heavy atom. The molecule has 0 spiro atoms. The van der Waals surface area contributed by atoms with Crippen molar-refractivity contribution in [2.45, 2.75) is 12.8 Å². The van der Waals surface area contributed by atoms with Crippen LogP contribution in [0.4, 0.5) is 0 Å². The Morgan fingerprint density at radius 1 is 0.650 bits per heavy atom. The summed E-state index contributed by atoms with van der Waals surface area (Å²) in [7, 11) is -0.261. The van der Waals surface area contributed by atoms with E-state index in [2.05, 4.69) is 60.7 Å². The summed E-state index contributed by atoms with van der Waals surface area (Å²) in [5.74, 6) is 0. The normalized spacial score (nSPS) is 11.2. The second-order valence-electron chi connectivity index (χ2n) is 4.56. The van der Waals surface area contributed by atoms with E-state index in [9.17, 15) is 0 Å². The highest BCUT2D eigenvalue weighted by Crippen LogP contribution is 2.47. The lowest BCUT2D eigenvalue weighted by Gasteiger charge is -2.18. The van der Waals surface area contributed by atoms with Crippen molar-refractivity contribution in [2.75, 3.05) is 12.3 Å². The highest BCUT2D eigenvalue weighted by molar-refractivity contribution is 8.03. The zero-order chi connectivity index (χ0) is 14.2. The van der Waals surface area contributed by atoms with Crippen LogP contribution in [0.5, 0.6) is 0 Å². The molecular formula is C16H18Cl2P2. The molecule has 2 rings (SSSR count). The number of hydrogen-bond donors (Lipinski definition) is 0.